The van der Waals surface area contributed by atoms with Gasteiger partial charge in [-0.1, -0.05) is 12.1 Å². The van der Waals surface area contributed by atoms with Crippen molar-refractivity contribution in [3.63, 3.8) is 0 Å². The summed E-state index contributed by atoms with van der Waals surface area (Å²) in [5.74, 6) is -0.269. The molecule has 1 fully saturated rings. The van der Waals surface area contributed by atoms with Crippen LogP contribution in [0.2, 0.25) is 0 Å². The zero-order valence-electron chi connectivity index (χ0n) is 14.0. The number of hydrogen-bond acceptors (Lipinski definition) is 5. The van der Waals surface area contributed by atoms with Gasteiger partial charge in [-0.15, -0.1) is 0 Å². The molecule has 0 spiro atoms. The van der Waals surface area contributed by atoms with Crippen LogP contribution in [0.1, 0.15) is 23.2 Å². The second-order valence-corrected chi connectivity index (χ2v) is 5.98. The third-order valence-corrected chi connectivity index (χ3v) is 4.37. The van der Waals surface area contributed by atoms with Gasteiger partial charge in [-0.25, -0.2) is 9.97 Å². The van der Waals surface area contributed by atoms with Crippen LogP contribution in [0.5, 0.6) is 5.88 Å². The quantitative estimate of drug-likeness (QED) is 0.909. The number of carbonyl (C=O) groups excluding carboxylic acids is 2. The summed E-state index contributed by atoms with van der Waals surface area (Å²) >= 11 is 0. The molecular formula is C18H20N4O3. The van der Waals surface area contributed by atoms with Crippen LogP contribution in [0.15, 0.2) is 36.7 Å². The average molecular weight is 340 g/mol. The van der Waals surface area contributed by atoms with E-state index in [-0.39, 0.29) is 17.7 Å². The number of nitrogens with zero attached hydrogens (tertiary/aromatic N) is 3. The van der Waals surface area contributed by atoms with Crippen molar-refractivity contribution < 1.29 is 14.3 Å². The van der Waals surface area contributed by atoms with Gasteiger partial charge in [0.15, 0.2) is 0 Å². The third kappa shape index (κ3) is 3.60. The standard InChI is InChI=1S/C18H20N4O3/c1-25-17-15(20-8-9-21-17)12-4-6-13(7-5-12)18(24)22-10-2-3-14(11-22)16(19)23/h4-9,14H,2-3,10-11H2,1H3,(H2,19,23)/t14-/m0/s1. The Morgan fingerprint density at radius 3 is 2.60 bits per heavy atom. The molecule has 2 heterocycles. The lowest BCUT2D eigenvalue weighted by molar-refractivity contribution is -0.123. The Morgan fingerprint density at radius 1 is 1.20 bits per heavy atom. The van der Waals surface area contributed by atoms with Gasteiger partial charge in [-0.2, -0.15) is 0 Å². The van der Waals surface area contributed by atoms with E-state index in [2.05, 4.69) is 9.97 Å². The SMILES string of the molecule is COc1nccnc1-c1ccc(C(=O)N2CCC[C@H](C(N)=O)C2)cc1. The lowest BCUT2D eigenvalue weighted by atomic mass is 9.96. The van der Waals surface area contributed by atoms with Gasteiger partial charge in [-0.05, 0) is 25.0 Å². The van der Waals surface area contributed by atoms with Crippen LogP contribution in [0.4, 0.5) is 0 Å². The molecular weight excluding hydrogens is 320 g/mol. The zero-order valence-corrected chi connectivity index (χ0v) is 14.0. The van der Waals surface area contributed by atoms with Crippen LogP contribution in [0, 0.1) is 5.92 Å². The predicted molar refractivity (Wildman–Crippen MR) is 91.8 cm³/mol. The van der Waals surface area contributed by atoms with Gasteiger partial charge in [0.25, 0.3) is 5.91 Å². The van der Waals surface area contributed by atoms with E-state index in [0.29, 0.717) is 30.2 Å². The van der Waals surface area contributed by atoms with Gasteiger partial charge < -0.3 is 15.4 Å². The molecule has 1 aromatic carbocycles. The van der Waals surface area contributed by atoms with Crippen LogP contribution in [-0.2, 0) is 4.79 Å². The monoisotopic (exact) mass is 340 g/mol. The minimum absolute atomic E-state index is 0.0939. The second kappa shape index (κ2) is 7.29. The Bertz CT molecular complexity index is 776. The number of aromatic nitrogens is 2. The van der Waals surface area contributed by atoms with Crippen molar-refractivity contribution >= 4 is 11.8 Å². The van der Waals surface area contributed by atoms with Gasteiger partial charge in [0, 0.05) is 36.6 Å². The van der Waals surface area contributed by atoms with Crippen LogP contribution in [0.25, 0.3) is 11.3 Å². The molecule has 2 amide bonds. The van der Waals surface area contributed by atoms with Gasteiger partial charge in [0.05, 0.1) is 13.0 Å². The molecule has 130 valence electrons. The van der Waals surface area contributed by atoms with Crippen molar-refractivity contribution in [1.82, 2.24) is 14.9 Å². The predicted octanol–water partition coefficient (Wildman–Crippen LogP) is 1.49. The van der Waals surface area contributed by atoms with Crippen molar-refractivity contribution in [3.05, 3.63) is 42.2 Å². The number of hydrogen-bond donors (Lipinski definition) is 1. The number of amides is 2. The molecule has 0 bridgehead atoms. The fourth-order valence-electron chi connectivity index (χ4n) is 3.02. The van der Waals surface area contributed by atoms with Crippen LogP contribution >= 0.6 is 0 Å². The van der Waals surface area contributed by atoms with Crippen LogP contribution in [0.3, 0.4) is 0 Å². The normalized spacial score (nSPS) is 17.2. The van der Waals surface area contributed by atoms with Crippen LogP contribution in [-0.4, -0.2) is 46.9 Å². The number of piperidine rings is 1. The van der Waals surface area contributed by atoms with E-state index in [1.165, 1.54) is 7.11 Å². The number of methoxy groups -OCH3 is 1. The highest BCUT2D eigenvalue weighted by atomic mass is 16.5. The molecule has 0 saturated carbocycles. The lowest BCUT2D eigenvalue weighted by Crippen LogP contribution is -2.44. The molecule has 1 aromatic heterocycles. The van der Waals surface area contributed by atoms with Crippen molar-refractivity contribution in [2.75, 3.05) is 20.2 Å². The number of ether oxygens (including phenoxy) is 1. The van der Waals surface area contributed by atoms with E-state index in [1.54, 1.807) is 29.4 Å². The summed E-state index contributed by atoms with van der Waals surface area (Å²) in [6, 6.07) is 7.13. The molecule has 0 unspecified atom stereocenters. The highest BCUT2D eigenvalue weighted by Gasteiger charge is 2.27. The Kier molecular flexibility index (Phi) is 4.92. The average Bonchev–Trinajstić information content (AvgIpc) is 2.67. The maximum atomic E-state index is 12.7. The molecule has 0 aliphatic carbocycles. The highest BCUT2D eigenvalue weighted by molar-refractivity contribution is 5.95. The number of carbonyl (C=O) groups is 2. The number of benzene rings is 1. The van der Waals surface area contributed by atoms with E-state index in [9.17, 15) is 9.59 Å². The molecule has 1 aliphatic heterocycles. The van der Waals surface area contributed by atoms with Crippen molar-refractivity contribution in [2.24, 2.45) is 11.7 Å². The summed E-state index contributed by atoms with van der Waals surface area (Å²) in [6.07, 6.45) is 4.68. The molecule has 7 nitrogen and oxygen atoms in total. The summed E-state index contributed by atoms with van der Waals surface area (Å²) in [4.78, 5) is 34.1. The number of likely N-dealkylation sites (tertiary alicyclic amines) is 1. The molecule has 3 rings (SSSR count). The van der Waals surface area contributed by atoms with Gasteiger partial charge in [-0.3, -0.25) is 9.59 Å². The van der Waals surface area contributed by atoms with Gasteiger partial charge in [0.2, 0.25) is 11.8 Å². The van der Waals surface area contributed by atoms with Gasteiger partial charge >= 0.3 is 0 Å². The fraction of sp³-hybridized carbons (Fsp3) is 0.333. The largest absolute Gasteiger partial charge is 0.479 e. The Hall–Kier alpha value is -2.96. The summed E-state index contributed by atoms with van der Waals surface area (Å²) in [5, 5.41) is 0. The summed E-state index contributed by atoms with van der Waals surface area (Å²) in [6.45, 7) is 1.02. The minimum Gasteiger partial charge on any atom is -0.479 e. The zero-order chi connectivity index (χ0) is 17.8. The van der Waals surface area contributed by atoms with Crippen molar-refractivity contribution in [3.8, 4) is 17.1 Å². The highest BCUT2D eigenvalue weighted by Crippen LogP contribution is 2.26. The molecule has 1 saturated heterocycles. The minimum atomic E-state index is -0.345. The van der Waals surface area contributed by atoms with E-state index in [4.69, 9.17) is 10.5 Å². The Morgan fingerprint density at radius 2 is 1.92 bits per heavy atom. The van der Waals surface area contributed by atoms with Crippen molar-refractivity contribution in [1.29, 1.82) is 0 Å². The molecule has 2 N–H and O–H groups in total. The smallest absolute Gasteiger partial charge is 0.253 e. The molecule has 2 aromatic rings. The molecule has 25 heavy (non-hydrogen) atoms. The maximum Gasteiger partial charge on any atom is 0.253 e. The Balaban J connectivity index is 1.78. The van der Waals surface area contributed by atoms with Crippen LogP contribution < -0.4 is 10.5 Å². The molecule has 1 atom stereocenters. The summed E-state index contributed by atoms with van der Waals surface area (Å²) in [7, 11) is 1.54. The first kappa shape index (κ1) is 16.9. The first-order valence-corrected chi connectivity index (χ1v) is 8.14. The topological polar surface area (TPSA) is 98.4 Å². The summed E-state index contributed by atoms with van der Waals surface area (Å²) < 4.78 is 5.21. The number of primary amides is 1. The third-order valence-electron chi connectivity index (χ3n) is 4.37. The molecule has 1 aliphatic rings. The van der Waals surface area contributed by atoms with E-state index < -0.39 is 0 Å². The molecule has 0 radical (unpaired) electrons. The lowest BCUT2D eigenvalue weighted by Gasteiger charge is -2.31. The second-order valence-electron chi connectivity index (χ2n) is 5.98. The maximum absolute atomic E-state index is 12.7. The number of rotatable bonds is 4. The fourth-order valence-corrected chi connectivity index (χ4v) is 3.02. The van der Waals surface area contributed by atoms with E-state index in [0.717, 1.165) is 18.4 Å². The van der Waals surface area contributed by atoms with E-state index >= 15 is 0 Å². The first-order valence-electron chi connectivity index (χ1n) is 8.14. The van der Waals surface area contributed by atoms with E-state index in [1.807, 2.05) is 12.1 Å². The summed E-state index contributed by atoms with van der Waals surface area (Å²) in [5.41, 5.74) is 7.38. The Labute approximate surface area is 145 Å². The number of nitrogens with two attached hydrogens (primary N) is 1. The van der Waals surface area contributed by atoms with Crippen molar-refractivity contribution in [2.45, 2.75) is 12.8 Å². The first-order chi connectivity index (χ1) is 12.1. The molecule has 7 heteroatoms. The van der Waals surface area contributed by atoms with Gasteiger partial charge in [0.1, 0.15) is 5.69 Å².